The Labute approximate surface area is 118 Å². The Hall–Kier alpha value is -1.88. The van der Waals surface area contributed by atoms with Crippen molar-refractivity contribution < 1.29 is 4.39 Å². The highest BCUT2D eigenvalue weighted by Gasteiger charge is 2.13. The van der Waals surface area contributed by atoms with Crippen molar-refractivity contribution in [2.45, 2.75) is 6.92 Å². The van der Waals surface area contributed by atoms with Crippen LogP contribution in [-0.4, -0.2) is 9.38 Å². The Morgan fingerprint density at radius 1 is 1.26 bits per heavy atom. The van der Waals surface area contributed by atoms with Gasteiger partial charge >= 0.3 is 0 Å². The van der Waals surface area contributed by atoms with Gasteiger partial charge in [-0.15, -0.1) is 0 Å². The molecule has 2 heterocycles. The van der Waals surface area contributed by atoms with E-state index in [0.717, 1.165) is 21.2 Å². The summed E-state index contributed by atoms with van der Waals surface area (Å²) in [5.74, 6) is 0.289. The first-order valence-corrected chi connectivity index (χ1v) is 6.55. The summed E-state index contributed by atoms with van der Waals surface area (Å²) < 4.78 is 15.9. The van der Waals surface area contributed by atoms with Gasteiger partial charge in [0.2, 0.25) is 0 Å². The summed E-state index contributed by atoms with van der Waals surface area (Å²) in [5, 5.41) is 0. The lowest BCUT2D eigenvalue weighted by Gasteiger charge is -2.04. The second-order valence-electron chi connectivity index (χ2n) is 4.38. The minimum absolute atomic E-state index is 0.258. The topological polar surface area (TPSA) is 43.3 Å². The van der Waals surface area contributed by atoms with Crippen LogP contribution in [0.25, 0.3) is 16.9 Å². The third kappa shape index (κ3) is 2.00. The van der Waals surface area contributed by atoms with E-state index >= 15 is 0 Å². The number of nitrogens with zero attached hydrogens (tertiary/aromatic N) is 2. The predicted molar refractivity (Wildman–Crippen MR) is 77.4 cm³/mol. The summed E-state index contributed by atoms with van der Waals surface area (Å²) in [6.45, 7) is 1.85. The van der Waals surface area contributed by atoms with E-state index in [2.05, 4.69) is 20.9 Å². The molecule has 3 rings (SSSR count). The zero-order chi connectivity index (χ0) is 13.6. The molecule has 0 spiro atoms. The number of hydrogen-bond donors (Lipinski definition) is 1. The Balaban J connectivity index is 2.28. The fraction of sp³-hybridized carbons (Fsp3) is 0.0714. The Kier molecular flexibility index (Phi) is 2.78. The summed E-state index contributed by atoms with van der Waals surface area (Å²) in [6.07, 6.45) is 1.86. The Morgan fingerprint density at radius 3 is 2.79 bits per heavy atom. The second-order valence-corrected chi connectivity index (χ2v) is 5.30. The van der Waals surface area contributed by atoms with Crippen LogP contribution in [0.5, 0.6) is 0 Å². The van der Waals surface area contributed by atoms with Crippen molar-refractivity contribution >= 4 is 27.4 Å². The lowest BCUT2D eigenvalue weighted by molar-refractivity contribution is 0.627. The highest BCUT2D eigenvalue weighted by molar-refractivity contribution is 9.10. The van der Waals surface area contributed by atoms with Gasteiger partial charge in [0.05, 0.1) is 0 Å². The Morgan fingerprint density at radius 2 is 2.05 bits per heavy atom. The summed E-state index contributed by atoms with van der Waals surface area (Å²) in [5.41, 5.74) is 9.23. The van der Waals surface area contributed by atoms with Crippen LogP contribution in [-0.2, 0) is 0 Å². The maximum absolute atomic E-state index is 13.2. The first kappa shape index (κ1) is 12.2. The van der Waals surface area contributed by atoms with Gasteiger partial charge in [-0.05, 0) is 58.7 Å². The molecule has 0 bridgehead atoms. The van der Waals surface area contributed by atoms with Crippen LogP contribution in [0.3, 0.4) is 0 Å². The van der Waals surface area contributed by atoms with Gasteiger partial charge in [0, 0.05) is 16.2 Å². The number of anilines is 1. The van der Waals surface area contributed by atoms with Gasteiger partial charge in [-0.1, -0.05) is 0 Å². The molecule has 0 atom stereocenters. The number of nitrogen functional groups attached to an aromatic ring is 1. The number of fused-ring (bicyclic) bond motifs is 1. The molecule has 3 aromatic rings. The lowest BCUT2D eigenvalue weighted by atomic mass is 10.1. The molecular formula is C14H11BrFN3. The molecule has 2 N–H and O–H groups in total. The molecule has 3 nitrogen and oxygen atoms in total. The summed E-state index contributed by atoms with van der Waals surface area (Å²) in [7, 11) is 0. The highest BCUT2D eigenvalue weighted by Crippen LogP contribution is 2.30. The number of nitrogens with two attached hydrogens (primary N) is 1. The van der Waals surface area contributed by atoms with Crippen molar-refractivity contribution in [2.75, 3.05) is 5.73 Å². The standard InChI is InChI=1S/C14H11BrFN3/c1-8-6-10(16)3-4-11(8)13-14(17)19-7-9(15)2-5-12(19)18-13/h2-7H,17H2,1H3. The molecule has 0 fully saturated rings. The molecule has 2 aromatic heterocycles. The number of aryl methyl sites for hydroxylation is 1. The zero-order valence-electron chi connectivity index (χ0n) is 10.2. The largest absolute Gasteiger partial charge is 0.383 e. The summed E-state index contributed by atoms with van der Waals surface area (Å²) in [6, 6.07) is 8.39. The van der Waals surface area contributed by atoms with Gasteiger partial charge in [-0.3, -0.25) is 4.40 Å². The van der Waals surface area contributed by atoms with E-state index < -0.39 is 0 Å². The molecule has 0 radical (unpaired) electrons. The third-order valence-electron chi connectivity index (χ3n) is 3.06. The van der Waals surface area contributed by atoms with Crippen molar-refractivity contribution in [3.8, 4) is 11.3 Å². The minimum atomic E-state index is -0.258. The molecule has 1 aromatic carbocycles. The number of pyridine rings is 1. The van der Waals surface area contributed by atoms with Crippen LogP contribution in [0.2, 0.25) is 0 Å². The van der Waals surface area contributed by atoms with Crippen molar-refractivity contribution in [2.24, 2.45) is 0 Å². The van der Waals surface area contributed by atoms with Gasteiger partial charge in [0.25, 0.3) is 0 Å². The molecule has 5 heteroatoms. The number of aromatic nitrogens is 2. The lowest BCUT2D eigenvalue weighted by Crippen LogP contribution is -1.95. The molecule has 96 valence electrons. The van der Waals surface area contributed by atoms with Gasteiger partial charge < -0.3 is 5.73 Å². The second kappa shape index (κ2) is 4.35. The molecule has 0 aliphatic heterocycles. The van der Waals surface area contributed by atoms with Gasteiger partial charge in [0.1, 0.15) is 23.0 Å². The molecule has 0 unspecified atom stereocenters. The first-order valence-electron chi connectivity index (χ1n) is 5.76. The van der Waals surface area contributed by atoms with Gasteiger partial charge in [-0.2, -0.15) is 0 Å². The molecule has 19 heavy (non-hydrogen) atoms. The van der Waals surface area contributed by atoms with E-state index in [0.29, 0.717) is 11.5 Å². The van der Waals surface area contributed by atoms with E-state index in [9.17, 15) is 4.39 Å². The number of halogens is 2. The number of imidazole rings is 1. The SMILES string of the molecule is Cc1cc(F)ccc1-c1nc2ccc(Br)cn2c1N. The Bertz CT molecular complexity index is 780. The number of benzene rings is 1. The molecule has 0 amide bonds. The molecule has 0 saturated heterocycles. The third-order valence-corrected chi connectivity index (χ3v) is 3.53. The van der Waals surface area contributed by atoms with Crippen LogP contribution in [0.1, 0.15) is 5.56 Å². The van der Waals surface area contributed by atoms with Gasteiger partial charge in [-0.25, -0.2) is 9.37 Å². The van der Waals surface area contributed by atoms with E-state index in [1.807, 2.05) is 29.7 Å². The molecule has 0 aliphatic rings. The average Bonchev–Trinajstić information content (AvgIpc) is 2.67. The number of hydrogen-bond acceptors (Lipinski definition) is 2. The van der Waals surface area contributed by atoms with Crippen molar-refractivity contribution in [1.82, 2.24) is 9.38 Å². The van der Waals surface area contributed by atoms with Gasteiger partial charge in [0.15, 0.2) is 0 Å². The van der Waals surface area contributed by atoms with E-state index in [-0.39, 0.29) is 5.82 Å². The van der Waals surface area contributed by atoms with Crippen LogP contribution in [0.4, 0.5) is 10.2 Å². The smallest absolute Gasteiger partial charge is 0.139 e. The van der Waals surface area contributed by atoms with Crippen molar-refractivity contribution in [1.29, 1.82) is 0 Å². The fourth-order valence-corrected chi connectivity index (χ4v) is 2.46. The normalized spacial score (nSPS) is 11.1. The zero-order valence-corrected chi connectivity index (χ0v) is 11.8. The van der Waals surface area contributed by atoms with E-state index in [1.54, 1.807) is 6.07 Å². The highest BCUT2D eigenvalue weighted by atomic mass is 79.9. The first-order chi connectivity index (χ1) is 9.06. The summed E-state index contributed by atoms with van der Waals surface area (Å²) in [4.78, 5) is 4.51. The molecule has 0 saturated carbocycles. The van der Waals surface area contributed by atoms with Crippen LogP contribution in [0, 0.1) is 12.7 Å². The maximum Gasteiger partial charge on any atom is 0.139 e. The van der Waals surface area contributed by atoms with Crippen LogP contribution in [0.15, 0.2) is 41.0 Å². The quantitative estimate of drug-likeness (QED) is 0.741. The van der Waals surface area contributed by atoms with E-state index in [4.69, 9.17) is 5.73 Å². The fourth-order valence-electron chi connectivity index (χ4n) is 2.13. The van der Waals surface area contributed by atoms with Crippen LogP contribution < -0.4 is 5.73 Å². The predicted octanol–water partition coefficient (Wildman–Crippen LogP) is 3.79. The number of rotatable bonds is 1. The summed E-state index contributed by atoms with van der Waals surface area (Å²) >= 11 is 3.40. The van der Waals surface area contributed by atoms with Crippen molar-refractivity contribution in [3.05, 3.63) is 52.4 Å². The minimum Gasteiger partial charge on any atom is -0.383 e. The molecule has 0 aliphatic carbocycles. The van der Waals surface area contributed by atoms with Crippen LogP contribution >= 0.6 is 15.9 Å². The van der Waals surface area contributed by atoms with E-state index in [1.165, 1.54) is 12.1 Å². The maximum atomic E-state index is 13.2. The monoisotopic (exact) mass is 319 g/mol. The average molecular weight is 320 g/mol. The van der Waals surface area contributed by atoms with Crippen molar-refractivity contribution in [3.63, 3.8) is 0 Å². The molecular weight excluding hydrogens is 309 g/mol.